The first-order chi connectivity index (χ1) is 12.7. The molecule has 1 aromatic rings. The Morgan fingerprint density at radius 2 is 2.14 bits per heavy atom. The fourth-order valence-corrected chi connectivity index (χ4v) is 5.96. The Labute approximate surface area is 191 Å². The van der Waals surface area contributed by atoms with E-state index < -0.39 is 35.6 Å². The van der Waals surface area contributed by atoms with Crippen LogP contribution < -0.4 is 34.7 Å². The average molecular weight is 433 g/mol. The van der Waals surface area contributed by atoms with Crippen molar-refractivity contribution in [2.75, 3.05) is 12.4 Å². The second kappa shape index (κ2) is 7.60. The zero-order chi connectivity index (χ0) is 19.5. The molecule has 4 rings (SSSR count). The van der Waals surface area contributed by atoms with Crippen LogP contribution >= 0.6 is 23.1 Å². The predicted octanol–water partition coefficient (Wildman–Crippen LogP) is -2.65. The van der Waals surface area contributed by atoms with Crippen molar-refractivity contribution in [2.24, 2.45) is 11.8 Å². The molecule has 1 amide bonds. The van der Waals surface area contributed by atoms with Crippen LogP contribution in [0.5, 0.6) is 0 Å². The van der Waals surface area contributed by atoms with Crippen LogP contribution in [0.2, 0.25) is 0 Å². The summed E-state index contributed by atoms with van der Waals surface area (Å²) in [6.07, 6.45) is -0.815. The van der Waals surface area contributed by atoms with Gasteiger partial charge in [-0.1, -0.05) is 30.0 Å². The van der Waals surface area contributed by atoms with Gasteiger partial charge in [-0.05, 0) is 19.4 Å². The number of aliphatic carboxylic acids is 1. The molecule has 1 aromatic heterocycles. The van der Waals surface area contributed by atoms with E-state index in [9.17, 15) is 19.5 Å². The van der Waals surface area contributed by atoms with Crippen molar-refractivity contribution in [3.8, 4) is 0 Å². The molecule has 0 aromatic carbocycles. The van der Waals surface area contributed by atoms with Crippen molar-refractivity contribution in [3.05, 3.63) is 16.3 Å². The first kappa shape index (κ1) is 21.6. The number of cyclic esters (lactones) is 2. The molecule has 0 N–H and O–H groups in total. The number of carboxylic acid groups (broad SMARTS) is 1. The van der Waals surface area contributed by atoms with Gasteiger partial charge in [0.05, 0.1) is 17.7 Å². The maximum atomic E-state index is 12.8. The summed E-state index contributed by atoms with van der Waals surface area (Å²) in [5.41, 5.74) is -0.571. The van der Waals surface area contributed by atoms with E-state index in [1.54, 1.807) is 6.92 Å². The molecule has 12 heteroatoms. The summed E-state index contributed by atoms with van der Waals surface area (Å²) in [4.78, 5) is 37.2. The van der Waals surface area contributed by atoms with Gasteiger partial charge in [0.25, 0.3) is 0 Å². The molecule has 28 heavy (non-hydrogen) atoms. The molecule has 0 spiro atoms. The summed E-state index contributed by atoms with van der Waals surface area (Å²) in [6, 6.07) is -0.406. The smallest absolute Gasteiger partial charge is 0.543 e. The number of hydrogen-bond acceptors (Lipinski definition) is 10. The van der Waals surface area contributed by atoms with Gasteiger partial charge >= 0.3 is 35.7 Å². The van der Waals surface area contributed by atoms with Crippen molar-refractivity contribution < 1.29 is 58.5 Å². The Morgan fingerprint density at radius 3 is 2.68 bits per heavy atom. The van der Waals surface area contributed by atoms with Crippen LogP contribution in [0.25, 0.3) is 0 Å². The van der Waals surface area contributed by atoms with Crippen molar-refractivity contribution >= 4 is 41.1 Å². The zero-order valence-corrected chi connectivity index (χ0v) is 19.4. The molecule has 0 unspecified atom stereocenters. The minimum Gasteiger partial charge on any atom is -0.543 e. The molecule has 0 bridgehead atoms. The Balaban J connectivity index is 0.00000225. The first-order valence-electron chi connectivity index (χ1n) is 8.29. The van der Waals surface area contributed by atoms with Crippen LogP contribution in [0, 0.1) is 18.8 Å². The first-order valence-corrected chi connectivity index (χ1v) is 10.1. The quantitative estimate of drug-likeness (QED) is 0.212. The third kappa shape index (κ3) is 3.26. The summed E-state index contributed by atoms with van der Waals surface area (Å²) >= 11 is 2.80. The van der Waals surface area contributed by atoms with Crippen LogP contribution in [-0.2, 0) is 19.1 Å². The Hall–Kier alpha value is -1.14. The van der Waals surface area contributed by atoms with Gasteiger partial charge in [-0.3, -0.25) is 4.79 Å². The van der Waals surface area contributed by atoms with E-state index in [-0.39, 0.29) is 47.8 Å². The number of β-lactam (4-membered cyclic amide) rings is 1. The molecule has 2 fully saturated rings. The number of carbonyl (C=O) groups excluding carboxylic acids is 3. The number of fused-ring (bicyclic) bond motifs is 1. The van der Waals surface area contributed by atoms with Gasteiger partial charge in [0.15, 0.2) is 9.94 Å². The van der Waals surface area contributed by atoms with E-state index in [1.807, 2.05) is 13.8 Å². The number of amides is 1. The van der Waals surface area contributed by atoms with E-state index in [2.05, 4.69) is 10.2 Å². The van der Waals surface area contributed by atoms with Crippen LogP contribution in [-0.4, -0.2) is 57.1 Å². The van der Waals surface area contributed by atoms with Crippen molar-refractivity contribution in [1.82, 2.24) is 15.1 Å². The molecule has 9 nitrogen and oxygen atoms in total. The Morgan fingerprint density at radius 1 is 1.43 bits per heavy atom. The topological polar surface area (TPSA) is 122 Å². The SMILES string of the molecule is Cc1nnc(SCC2=C(C(=O)[O-])N3C(=O)[C@H]([C@@]4(C)COC(=O)O4)[C@H]3[C@@H]2C)s1.[Na+]. The largest absolute Gasteiger partial charge is 1.00 e. The van der Waals surface area contributed by atoms with Gasteiger partial charge in [0, 0.05) is 11.7 Å². The number of rotatable bonds is 5. The summed E-state index contributed by atoms with van der Waals surface area (Å²) in [5.74, 6) is -2.29. The molecule has 0 aliphatic carbocycles. The minimum absolute atomic E-state index is 0. The number of ether oxygens (including phenoxy) is 2. The fraction of sp³-hybridized carbons (Fsp3) is 0.562. The maximum Gasteiger partial charge on any atom is 1.00 e. The van der Waals surface area contributed by atoms with E-state index in [4.69, 9.17) is 9.47 Å². The minimum atomic E-state index is -1.38. The molecule has 0 saturated carbocycles. The molecule has 3 aliphatic heterocycles. The van der Waals surface area contributed by atoms with Crippen LogP contribution in [0.4, 0.5) is 4.79 Å². The van der Waals surface area contributed by atoms with Gasteiger partial charge in [0.2, 0.25) is 5.91 Å². The third-order valence-electron chi connectivity index (χ3n) is 5.25. The molecule has 2 saturated heterocycles. The Bertz CT molecular complexity index is 889. The van der Waals surface area contributed by atoms with Crippen molar-refractivity contribution in [1.29, 1.82) is 0 Å². The second-order valence-electron chi connectivity index (χ2n) is 6.96. The molecule has 4 atom stereocenters. The monoisotopic (exact) mass is 433 g/mol. The van der Waals surface area contributed by atoms with Crippen LogP contribution in [0.3, 0.4) is 0 Å². The molecular formula is C16H16N3NaO6S2. The summed E-state index contributed by atoms with van der Waals surface area (Å²) < 4.78 is 10.8. The normalized spacial score (nSPS) is 31.1. The van der Waals surface area contributed by atoms with Gasteiger partial charge < -0.3 is 24.3 Å². The number of carbonyl (C=O) groups is 3. The van der Waals surface area contributed by atoms with Gasteiger partial charge in [-0.15, -0.1) is 10.2 Å². The molecule has 0 radical (unpaired) electrons. The predicted molar refractivity (Wildman–Crippen MR) is 91.5 cm³/mol. The van der Waals surface area contributed by atoms with Crippen LogP contribution in [0.1, 0.15) is 18.9 Å². The summed E-state index contributed by atoms with van der Waals surface area (Å²) in [5, 5.41) is 20.6. The number of carboxylic acids is 1. The van der Waals surface area contributed by atoms with Crippen molar-refractivity contribution in [2.45, 2.75) is 36.8 Å². The van der Waals surface area contributed by atoms with Gasteiger partial charge in [-0.2, -0.15) is 0 Å². The summed E-state index contributed by atoms with van der Waals surface area (Å²) in [6.45, 7) is 5.32. The van der Waals surface area contributed by atoms with Crippen LogP contribution in [0.15, 0.2) is 15.6 Å². The van der Waals surface area contributed by atoms with Crippen molar-refractivity contribution in [3.63, 3.8) is 0 Å². The third-order valence-corrected chi connectivity index (χ3v) is 7.27. The second-order valence-corrected chi connectivity index (χ2v) is 9.36. The number of aromatic nitrogens is 2. The summed E-state index contributed by atoms with van der Waals surface area (Å²) in [7, 11) is 0. The van der Waals surface area contributed by atoms with E-state index >= 15 is 0 Å². The number of aryl methyl sites for hydroxylation is 1. The Kier molecular flexibility index (Phi) is 5.85. The van der Waals surface area contributed by atoms with Gasteiger partial charge in [0.1, 0.15) is 17.5 Å². The average Bonchev–Trinajstić information content (AvgIpc) is 3.22. The molecule has 4 heterocycles. The fourth-order valence-electron chi connectivity index (χ4n) is 3.99. The van der Waals surface area contributed by atoms with E-state index in [1.165, 1.54) is 28.0 Å². The molecule has 144 valence electrons. The zero-order valence-electron chi connectivity index (χ0n) is 15.8. The molecule has 3 aliphatic rings. The van der Waals surface area contributed by atoms with E-state index in [0.29, 0.717) is 11.3 Å². The number of hydrogen-bond donors (Lipinski definition) is 0. The maximum absolute atomic E-state index is 12.8. The molecular weight excluding hydrogens is 417 g/mol. The number of thioether (sulfide) groups is 1. The number of nitrogens with zero attached hydrogens (tertiary/aromatic N) is 3. The van der Waals surface area contributed by atoms with Gasteiger partial charge in [-0.25, -0.2) is 4.79 Å². The standard InChI is InChI=1S/C16H17N3O6S2.Na/c1-6-8(4-26-14-18-17-7(2)27-14)11(13(21)22)19-10(6)9(12(19)20)16(3)5-24-15(23)25-16;/h6,9-10H,4-5H2,1-3H3,(H,21,22);/q;+1/p-1/t6-,9-,10-,16-;/m1./s1. The van der Waals surface area contributed by atoms with E-state index in [0.717, 1.165) is 9.35 Å².